The molecular formula is C15H24N2. The summed E-state index contributed by atoms with van der Waals surface area (Å²) in [6, 6.07) is 0. The molecule has 0 saturated heterocycles. The summed E-state index contributed by atoms with van der Waals surface area (Å²) in [7, 11) is 0. The second-order valence-corrected chi connectivity index (χ2v) is 5.17. The predicted molar refractivity (Wildman–Crippen MR) is 71.9 cm³/mol. The Bertz CT molecular complexity index is 308. The van der Waals surface area contributed by atoms with Crippen LogP contribution in [0.3, 0.4) is 0 Å². The van der Waals surface area contributed by atoms with E-state index in [0.29, 0.717) is 0 Å². The van der Waals surface area contributed by atoms with Gasteiger partial charge in [0.25, 0.3) is 0 Å². The molecule has 1 aliphatic carbocycles. The largest absolute Gasteiger partial charge is 0.348 e. The number of aryl methyl sites for hydroxylation is 1. The minimum absolute atomic E-state index is 1.01. The van der Waals surface area contributed by atoms with Crippen LogP contribution in [0.1, 0.15) is 57.1 Å². The minimum atomic E-state index is 1.01. The van der Waals surface area contributed by atoms with Gasteiger partial charge in [-0.05, 0) is 31.6 Å². The van der Waals surface area contributed by atoms with Gasteiger partial charge in [-0.3, -0.25) is 0 Å². The highest BCUT2D eigenvalue weighted by Crippen LogP contribution is 2.27. The van der Waals surface area contributed by atoms with E-state index in [4.69, 9.17) is 0 Å². The molecule has 2 nitrogen and oxygen atoms in total. The molecule has 1 aromatic heterocycles. The maximum atomic E-state index is 4.02. The normalized spacial score (nSPS) is 17.9. The van der Waals surface area contributed by atoms with Gasteiger partial charge < -0.3 is 4.98 Å². The van der Waals surface area contributed by atoms with Gasteiger partial charge in [0.15, 0.2) is 0 Å². The van der Waals surface area contributed by atoms with E-state index in [1.807, 2.05) is 6.20 Å². The molecule has 1 fully saturated rings. The van der Waals surface area contributed by atoms with E-state index >= 15 is 0 Å². The van der Waals surface area contributed by atoms with Gasteiger partial charge >= 0.3 is 0 Å². The lowest BCUT2D eigenvalue weighted by atomic mass is 9.86. The number of imidazole rings is 1. The van der Waals surface area contributed by atoms with E-state index < -0.39 is 0 Å². The zero-order valence-corrected chi connectivity index (χ0v) is 10.7. The highest BCUT2D eigenvalue weighted by molar-refractivity contribution is 4.96. The topological polar surface area (TPSA) is 28.7 Å². The van der Waals surface area contributed by atoms with Crippen LogP contribution in [0.5, 0.6) is 0 Å². The first-order valence-electron chi connectivity index (χ1n) is 7.07. The van der Waals surface area contributed by atoms with E-state index in [9.17, 15) is 0 Å². The van der Waals surface area contributed by atoms with Gasteiger partial charge in [0.05, 0.1) is 6.33 Å². The molecule has 1 saturated carbocycles. The standard InChI is InChI=1S/C15H24N2/c1(2-7-11-15-12-16-13-17-15)4-8-14-9-5-3-6-10-14/h1-2,12-14H,3-11H2,(H,16,17). The third-order valence-corrected chi connectivity index (χ3v) is 3.77. The van der Waals surface area contributed by atoms with Gasteiger partial charge in [-0.15, -0.1) is 0 Å². The number of nitrogens with zero attached hydrogens (tertiary/aromatic N) is 1. The molecule has 1 N–H and O–H groups in total. The van der Waals surface area contributed by atoms with E-state index in [-0.39, 0.29) is 0 Å². The van der Waals surface area contributed by atoms with Crippen LogP contribution < -0.4 is 0 Å². The van der Waals surface area contributed by atoms with Gasteiger partial charge in [-0.1, -0.05) is 44.3 Å². The summed E-state index contributed by atoms with van der Waals surface area (Å²) in [6.45, 7) is 0. The van der Waals surface area contributed by atoms with Crippen molar-refractivity contribution < 1.29 is 0 Å². The number of aromatic nitrogens is 2. The number of aromatic amines is 1. The third kappa shape index (κ3) is 4.76. The van der Waals surface area contributed by atoms with Gasteiger partial charge in [0.2, 0.25) is 0 Å². The molecule has 0 spiro atoms. The Morgan fingerprint density at radius 3 is 2.76 bits per heavy atom. The summed E-state index contributed by atoms with van der Waals surface area (Å²) in [5.74, 6) is 1.01. The maximum absolute atomic E-state index is 4.02. The van der Waals surface area contributed by atoms with Crippen LogP contribution in [-0.2, 0) is 6.42 Å². The zero-order chi connectivity index (χ0) is 11.8. The van der Waals surface area contributed by atoms with Crippen molar-refractivity contribution in [3.63, 3.8) is 0 Å². The van der Waals surface area contributed by atoms with Crippen molar-refractivity contribution in [1.82, 2.24) is 9.97 Å². The fraction of sp³-hybridized carbons (Fsp3) is 0.667. The van der Waals surface area contributed by atoms with Crippen molar-refractivity contribution in [3.05, 3.63) is 30.4 Å². The van der Waals surface area contributed by atoms with Gasteiger partial charge in [0.1, 0.15) is 0 Å². The number of hydrogen-bond acceptors (Lipinski definition) is 1. The monoisotopic (exact) mass is 232 g/mol. The van der Waals surface area contributed by atoms with E-state index in [0.717, 1.165) is 18.8 Å². The molecule has 0 aromatic carbocycles. The summed E-state index contributed by atoms with van der Waals surface area (Å²) >= 11 is 0. The third-order valence-electron chi connectivity index (χ3n) is 3.77. The maximum Gasteiger partial charge on any atom is 0.0921 e. The first-order valence-corrected chi connectivity index (χ1v) is 7.07. The molecule has 2 rings (SSSR count). The van der Waals surface area contributed by atoms with Crippen molar-refractivity contribution in [2.24, 2.45) is 5.92 Å². The molecule has 1 heterocycles. The molecule has 0 unspecified atom stereocenters. The number of hydrogen-bond donors (Lipinski definition) is 1. The molecule has 1 aliphatic rings. The van der Waals surface area contributed by atoms with Crippen molar-refractivity contribution >= 4 is 0 Å². The molecule has 0 bridgehead atoms. The fourth-order valence-corrected chi connectivity index (χ4v) is 2.70. The Hall–Kier alpha value is -1.05. The Labute approximate surface area is 105 Å². The highest BCUT2D eigenvalue weighted by Gasteiger charge is 2.11. The van der Waals surface area contributed by atoms with Crippen LogP contribution in [0.4, 0.5) is 0 Å². The van der Waals surface area contributed by atoms with Crippen LogP contribution in [0.25, 0.3) is 0 Å². The lowest BCUT2D eigenvalue weighted by Crippen LogP contribution is -2.05. The molecule has 94 valence electrons. The molecule has 0 radical (unpaired) electrons. The Morgan fingerprint density at radius 2 is 2.00 bits per heavy atom. The SMILES string of the molecule is C(=CCCC1CCCCC1)CCc1cnc[nH]1. The number of rotatable bonds is 6. The van der Waals surface area contributed by atoms with Gasteiger partial charge in [-0.2, -0.15) is 0 Å². The lowest BCUT2D eigenvalue weighted by Gasteiger charge is -2.20. The number of H-pyrrole nitrogens is 1. The van der Waals surface area contributed by atoms with Crippen LogP contribution in [0.15, 0.2) is 24.7 Å². The second kappa shape index (κ2) is 7.31. The first-order chi connectivity index (χ1) is 8.45. The summed E-state index contributed by atoms with van der Waals surface area (Å²) in [5.41, 5.74) is 1.24. The van der Waals surface area contributed by atoms with Crippen molar-refractivity contribution in [2.45, 2.75) is 57.8 Å². The Morgan fingerprint density at radius 1 is 1.18 bits per heavy atom. The lowest BCUT2D eigenvalue weighted by molar-refractivity contribution is 0.341. The number of nitrogens with one attached hydrogen (secondary N) is 1. The molecule has 1 aromatic rings. The smallest absolute Gasteiger partial charge is 0.0921 e. The Balaban J connectivity index is 1.52. The van der Waals surface area contributed by atoms with E-state index in [1.165, 1.54) is 50.6 Å². The van der Waals surface area contributed by atoms with E-state index in [2.05, 4.69) is 22.1 Å². The van der Waals surface area contributed by atoms with Gasteiger partial charge in [-0.25, -0.2) is 4.98 Å². The Kier molecular flexibility index (Phi) is 5.34. The summed E-state index contributed by atoms with van der Waals surface area (Å²) in [6.07, 6.45) is 20.6. The molecule has 2 heteroatoms. The van der Waals surface area contributed by atoms with Crippen LogP contribution in [0, 0.1) is 5.92 Å². The van der Waals surface area contributed by atoms with Crippen molar-refractivity contribution in [3.8, 4) is 0 Å². The second-order valence-electron chi connectivity index (χ2n) is 5.17. The molecule has 0 amide bonds. The van der Waals surface area contributed by atoms with E-state index in [1.54, 1.807) is 6.33 Å². The van der Waals surface area contributed by atoms with Crippen molar-refractivity contribution in [2.75, 3.05) is 0 Å². The van der Waals surface area contributed by atoms with Crippen LogP contribution in [0.2, 0.25) is 0 Å². The first kappa shape index (κ1) is 12.4. The minimum Gasteiger partial charge on any atom is -0.348 e. The quantitative estimate of drug-likeness (QED) is 0.729. The average Bonchev–Trinajstić information content (AvgIpc) is 2.88. The summed E-state index contributed by atoms with van der Waals surface area (Å²) < 4.78 is 0. The van der Waals surface area contributed by atoms with Gasteiger partial charge in [0, 0.05) is 11.9 Å². The average molecular weight is 232 g/mol. The number of allylic oxidation sites excluding steroid dienone is 2. The zero-order valence-electron chi connectivity index (χ0n) is 10.7. The molecule has 0 aliphatic heterocycles. The summed E-state index contributed by atoms with van der Waals surface area (Å²) in [4.78, 5) is 7.15. The highest BCUT2D eigenvalue weighted by atomic mass is 14.9. The van der Waals surface area contributed by atoms with Crippen LogP contribution in [-0.4, -0.2) is 9.97 Å². The molecule has 0 atom stereocenters. The van der Waals surface area contributed by atoms with Crippen molar-refractivity contribution in [1.29, 1.82) is 0 Å². The fourth-order valence-electron chi connectivity index (χ4n) is 2.70. The molecular weight excluding hydrogens is 208 g/mol. The predicted octanol–water partition coefficient (Wildman–Crippen LogP) is 4.26. The summed E-state index contributed by atoms with van der Waals surface area (Å²) in [5, 5.41) is 0. The van der Waals surface area contributed by atoms with Crippen LogP contribution >= 0.6 is 0 Å². The molecule has 17 heavy (non-hydrogen) atoms.